The van der Waals surface area contributed by atoms with E-state index in [1.165, 1.54) is 70.6 Å². The Kier molecular flexibility index (Phi) is 27.5. The highest BCUT2D eigenvalue weighted by Gasteiger charge is 2.01. The maximum Gasteiger partial charge on any atom is 0.303 e. The van der Waals surface area contributed by atoms with Gasteiger partial charge in [0.25, 0.3) is 0 Å². The molecule has 0 aliphatic heterocycles. The number of aliphatic carboxylic acids is 1. The Morgan fingerprint density at radius 3 is 1.27 bits per heavy atom. The molecule has 0 fully saturated rings. The first-order chi connectivity index (χ1) is 14.5. The zero-order chi connectivity index (χ0) is 22.9. The normalized spacial score (nSPS) is 11.0. The second kappa shape index (κ2) is 26.3. The van der Waals surface area contributed by atoms with Gasteiger partial charge in [0, 0.05) is 6.42 Å². The summed E-state index contributed by atoms with van der Waals surface area (Å²) < 4.78 is 0. The van der Waals surface area contributed by atoms with Gasteiger partial charge in [0.1, 0.15) is 6.29 Å². The van der Waals surface area contributed by atoms with Gasteiger partial charge < -0.3 is 20.4 Å². The van der Waals surface area contributed by atoms with Gasteiger partial charge in [0.2, 0.25) is 0 Å². The molecule has 0 aliphatic carbocycles. The van der Waals surface area contributed by atoms with Crippen molar-refractivity contribution in [2.75, 3.05) is 20.2 Å². The van der Waals surface area contributed by atoms with Gasteiger partial charge in [-0.15, -0.1) is 0 Å². The molecule has 0 aromatic rings. The van der Waals surface area contributed by atoms with Crippen LogP contribution in [-0.4, -0.2) is 52.9 Å². The smallest absolute Gasteiger partial charge is 0.303 e. The molecule has 0 saturated heterocycles. The summed E-state index contributed by atoms with van der Waals surface area (Å²) in [5.41, 5.74) is 0. The number of carboxylic acids is 1. The predicted molar refractivity (Wildman–Crippen MR) is 122 cm³/mol. The third-order valence-corrected chi connectivity index (χ3v) is 4.81. The lowest BCUT2D eigenvalue weighted by atomic mass is 10.0. The van der Waals surface area contributed by atoms with Crippen LogP contribution in [-0.2, 0) is 4.79 Å². The van der Waals surface area contributed by atoms with E-state index >= 15 is 0 Å². The minimum absolute atomic E-state index is 0.231. The Balaban J connectivity index is 0. The number of nitrogens with one attached hydrogen (secondary N) is 3. The number of rotatable bonds is 21. The van der Waals surface area contributed by atoms with Crippen molar-refractivity contribution in [2.45, 2.75) is 110 Å². The molecule has 8 nitrogen and oxygen atoms in total. The monoisotopic (exact) mass is 435 g/mol. The number of carbonyl (C=O) groups is 1. The zero-order valence-electron chi connectivity index (χ0n) is 19.4. The quantitative estimate of drug-likeness (QED) is 0.108. The number of carboxylic acid groups (broad SMARTS) is 1. The van der Waals surface area contributed by atoms with E-state index in [0.29, 0.717) is 6.42 Å². The molecule has 0 aromatic carbocycles. The molecule has 0 aliphatic rings. The summed E-state index contributed by atoms with van der Waals surface area (Å²) in [5, 5.41) is 41.0. The van der Waals surface area contributed by atoms with E-state index in [1.807, 2.05) is 0 Å². The van der Waals surface area contributed by atoms with E-state index < -0.39 is 12.3 Å². The molecular formula is C22H49N3O5. The Morgan fingerprint density at radius 1 is 0.633 bits per heavy atom. The molecule has 30 heavy (non-hydrogen) atoms. The average molecular weight is 436 g/mol. The summed E-state index contributed by atoms with van der Waals surface area (Å²) in [6.07, 6.45) is 16.8. The lowest BCUT2D eigenvalue weighted by Gasteiger charge is -2.17. The van der Waals surface area contributed by atoms with E-state index in [1.54, 1.807) is 0 Å². The highest BCUT2D eigenvalue weighted by atomic mass is 16.4. The van der Waals surface area contributed by atoms with E-state index in [9.17, 15) is 4.79 Å². The summed E-state index contributed by atoms with van der Waals surface area (Å²) in [6.45, 7) is 3.92. The fourth-order valence-corrected chi connectivity index (χ4v) is 3.09. The molecule has 0 heterocycles. The second-order valence-corrected chi connectivity index (χ2v) is 8.09. The van der Waals surface area contributed by atoms with Crippen LogP contribution in [0.1, 0.15) is 104 Å². The van der Waals surface area contributed by atoms with Crippen molar-refractivity contribution in [3.63, 3.8) is 0 Å². The lowest BCUT2D eigenvalue weighted by molar-refractivity contribution is -0.137. The molecule has 0 bridgehead atoms. The summed E-state index contributed by atoms with van der Waals surface area (Å²) in [4.78, 5) is 10.3. The van der Waals surface area contributed by atoms with Crippen LogP contribution in [0, 0.1) is 5.92 Å². The molecule has 0 aromatic heterocycles. The van der Waals surface area contributed by atoms with Gasteiger partial charge in [-0.1, -0.05) is 90.9 Å². The Bertz CT molecular complexity index is 332. The maximum absolute atomic E-state index is 10.3. The Labute approximate surface area is 183 Å². The van der Waals surface area contributed by atoms with Gasteiger partial charge in [-0.3, -0.25) is 20.7 Å². The molecule has 0 atom stereocenters. The summed E-state index contributed by atoms with van der Waals surface area (Å²) >= 11 is 0. The molecule has 0 spiro atoms. The number of unbranched alkanes of at least 4 members (excludes halogenated alkanes) is 11. The van der Waals surface area contributed by atoms with Gasteiger partial charge in [-0.05, 0) is 12.3 Å². The molecule has 0 amide bonds. The van der Waals surface area contributed by atoms with Gasteiger partial charge >= 0.3 is 5.97 Å². The second-order valence-electron chi connectivity index (χ2n) is 8.09. The van der Waals surface area contributed by atoms with Crippen molar-refractivity contribution in [1.29, 1.82) is 0 Å². The van der Waals surface area contributed by atoms with Crippen molar-refractivity contribution in [3.05, 3.63) is 0 Å². The van der Waals surface area contributed by atoms with Crippen LogP contribution in [0.3, 0.4) is 0 Å². The van der Waals surface area contributed by atoms with Crippen LogP contribution in [0.25, 0.3) is 0 Å². The topological polar surface area (TPSA) is 134 Å². The van der Waals surface area contributed by atoms with E-state index in [4.69, 9.17) is 20.4 Å². The average Bonchev–Trinajstić information content (AvgIpc) is 2.69. The summed E-state index contributed by atoms with van der Waals surface area (Å²) in [7, 11) is 0. The van der Waals surface area contributed by atoms with Gasteiger partial charge in [-0.2, -0.15) is 0 Å². The maximum atomic E-state index is 10.3. The minimum Gasteiger partial charge on any atom is -0.481 e. The summed E-state index contributed by atoms with van der Waals surface area (Å²) in [5.74, 6) is 0.212. The van der Waals surface area contributed by atoms with Crippen LogP contribution in [0.4, 0.5) is 0 Å². The highest BCUT2D eigenvalue weighted by Crippen LogP contribution is 2.14. The SMILES string of the molecule is CC(C)CCCCCCCCCCCCCCC(=O)O.OCNC(NCO)NCO. The lowest BCUT2D eigenvalue weighted by Crippen LogP contribution is -2.53. The van der Waals surface area contributed by atoms with Crippen LogP contribution in [0.15, 0.2) is 0 Å². The zero-order valence-corrected chi connectivity index (χ0v) is 19.4. The van der Waals surface area contributed by atoms with E-state index in [2.05, 4.69) is 29.8 Å². The number of aliphatic hydroxyl groups excluding tert-OH is 3. The summed E-state index contributed by atoms with van der Waals surface area (Å²) in [6, 6.07) is 0. The molecule has 0 unspecified atom stereocenters. The number of hydrogen-bond donors (Lipinski definition) is 7. The van der Waals surface area contributed by atoms with Crippen molar-refractivity contribution in [2.24, 2.45) is 5.92 Å². The molecule has 7 N–H and O–H groups in total. The minimum atomic E-state index is -0.654. The molecule has 8 heteroatoms. The van der Waals surface area contributed by atoms with Crippen molar-refractivity contribution in [1.82, 2.24) is 16.0 Å². The first kappa shape index (κ1) is 31.4. The highest BCUT2D eigenvalue weighted by molar-refractivity contribution is 5.66. The molecule has 182 valence electrons. The van der Waals surface area contributed by atoms with Gasteiger partial charge in [0.15, 0.2) is 0 Å². The molecule has 0 radical (unpaired) electrons. The standard InChI is InChI=1S/C18H36O2.C4H13N3O3/c1-17(2)15-13-11-9-7-5-3-4-6-8-10-12-14-16-18(19)20;8-1-5-4(6-2-9)7-3-10/h17H,3-16H2,1-2H3,(H,19,20);4-10H,1-3H2. The first-order valence-corrected chi connectivity index (χ1v) is 11.7. The van der Waals surface area contributed by atoms with Crippen molar-refractivity contribution >= 4 is 5.97 Å². The van der Waals surface area contributed by atoms with Crippen LogP contribution in [0.2, 0.25) is 0 Å². The third-order valence-electron chi connectivity index (χ3n) is 4.81. The van der Waals surface area contributed by atoms with Gasteiger partial charge in [0.05, 0.1) is 20.2 Å². The van der Waals surface area contributed by atoms with Crippen LogP contribution >= 0.6 is 0 Å². The molecular weight excluding hydrogens is 386 g/mol. The third kappa shape index (κ3) is 29.4. The van der Waals surface area contributed by atoms with Crippen LogP contribution < -0.4 is 16.0 Å². The number of hydrogen-bond acceptors (Lipinski definition) is 7. The number of aliphatic hydroxyl groups is 3. The van der Waals surface area contributed by atoms with Crippen molar-refractivity contribution < 1.29 is 25.2 Å². The largest absolute Gasteiger partial charge is 0.481 e. The Morgan fingerprint density at radius 2 is 0.967 bits per heavy atom. The fourth-order valence-electron chi connectivity index (χ4n) is 3.09. The van der Waals surface area contributed by atoms with E-state index in [-0.39, 0.29) is 20.2 Å². The Hall–Kier alpha value is -0.770. The van der Waals surface area contributed by atoms with Crippen LogP contribution in [0.5, 0.6) is 0 Å². The fraction of sp³-hybridized carbons (Fsp3) is 0.955. The van der Waals surface area contributed by atoms with Gasteiger partial charge in [-0.25, -0.2) is 0 Å². The van der Waals surface area contributed by atoms with Crippen molar-refractivity contribution in [3.8, 4) is 0 Å². The van der Waals surface area contributed by atoms with E-state index in [0.717, 1.165) is 18.8 Å². The molecule has 0 rings (SSSR count). The first-order valence-electron chi connectivity index (χ1n) is 11.7. The predicted octanol–water partition coefficient (Wildman–Crippen LogP) is 3.08. The molecule has 0 saturated carbocycles.